The summed E-state index contributed by atoms with van der Waals surface area (Å²) in [6, 6.07) is 1.71. The van der Waals surface area contributed by atoms with Crippen molar-refractivity contribution in [2.45, 2.75) is 39.7 Å². The van der Waals surface area contributed by atoms with Crippen molar-refractivity contribution in [2.24, 2.45) is 0 Å². The van der Waals surface area contributed by atoms with Gasteiger partial charge in [-0.15, -0.1) is 16.4 Å². The van der Waals surface area contributed by atoms with Gasteiger partial charge in [0.15, 0.2) is 5.15 Å². The van der Waals surface area contributed by atoms with E-state index in [-0.39, 0.29) is 5.15 Å². The van der Waals surface area contributed by atoms with Crippen LogP contribution in [0.3, 0.4) is 0 Å². The highest BCUT2D eigenvalue weighted by Gasteiger charge is 2.23. The summed E-state index contributed by atoms with van der Waals surface area (Å²) in [5.41, 5.74) is 0.707. The van der Waals surface area contributed by atoms with Gasteiger partial charge in [0.1, 0.15) is 10.5 Å². The van der Waals surface area contributed by atoms with Gasteiger partial charge >= 0.3 is 12.1 Å². The van der Waals surface area contributed by atoms with Crippen molar-refractivity contribution in [3.05, 3.63) is 27.2 Å². The van der Waals surface area contributed by atoms with Crippen LogP contribution in [0.1, 0.15) is 42.2 Å². The zero-order valence-electron chi connectivity index (χ0n) is 14.2. The van der Waals surface area contributed by atoms with E-state index in [2.05, 4.69) is 5.10 Å². The lowest BCUT2D eigenvalue weighted by atomic mass is 10.1. The molecule has 0 aliphatic carbocycles. The number of rotatable bonds is 3. The molecule has 0 unspecified atom stereocenters. The summed E-state index contributed by atoms with van der Waals surface area (Å²) in [7, 11) is 1.33. The number of esters is 1. The van der Waals surface area contributed by atoms with Gasteiger partial charge in [0.25, 0.3) is 0 Å². The first-order valence-electron chi connectivity index (χ1n) is 7.36. The van der Waals surface area contributed by atoms with Crippen LogP contribution >= 0.6 is 22.9 Å². The number of aryl methyl sites for hydroxylation is 1. The lowest BCUT2D eigenvalue weighted by Crippen LogP contribution is -2.27. The van der Waals surface area contributed by atoms with Crippen molar-refractivity contribution in [2.75, 3.05) is 7.11 Å². The molecular formula is C16H19ClN2O4S. The van der Waals surface area contributed by atoms with Gasteiger partial charge in [-0.3, -0.25) is 0 Å². The summed E-state index contributed by atoms with van der Waals surface area (Å²) in [6.07, 6.45) is 1.61. The molecule has 0 saturated heterocycles. The van der Waals surface area contributed by atoms with E-state index < -0.39 is 17.7 Å². The van der Waals surface area contributed by atoms with E-state index in [1.807, 2.05) is 6.92 Å². The molecule has 2 aromatic rings. The Morgan fingerprint density at radius 1 is 1.33 bits per heavy atom. The lowest BCUT2D eigenvalue weighted by Gasteiger charge is -2.18. The number of carbonyl (C=O) groups excluding carboxylic acids is 2. The number of hydrogen-bond acceptors (Lipinski definition) is 6. The van der Waals surface area contributed by atoms with Crippen molar-refractivity contribution in [1.82, 2.24) is 9.78 Å². The molecule has 130 valence electrons. The molecule has 0 amide bonds. The molecule has 2 heterocycles. The van der Waals surface area contributed by atoms with Gasteiger partial charge in [-0.1, -0.05) is 18.5 Å². The van der Waals surface area contributed by atoms with E-state index >= 15 is 0 Å². The fourth-order valence-corrected chi connectivity index (χ4v) is 3.32. The molecule has 0 aliphatic rings. The molecule has 0 atom stereocenters. The van der Waals surface area contributed by atoms with Crippen LogP contribution < -0.4 is 0 Å². The van der Waals surface area contributed by atoms with Gasteiger partial charge in [-0.2, -0.15) is 4.68 Å². The first-order chi connectivity index (χ1) is 11.2. The molecule has 0 saturated carbocycles. The predicted octanol–water partition coefficient (Wildman–Crippen LogP) is 4.40. The zero-order chi connectivity index (χ0) is 18.1. The summed E-state index contributed by atoms with van der Waals surface area (Å²) >= 11 is 7.53. The van der Waals surface area contributed by atoms with Gasteiger partial charge in [0.05, 0.1) is 7.11 Å². The second-order valence-electron chi connectivity index (χ2n) is 6.05. The molecular weight excluding hydrogens is 352 g/mol. The second kappa shape index (κ2) is 6.94. The predicted molar refractivity (Wildman–Crippen MR) is 92.9 cm³/mol. The van der Waals surface area contributed by atoms with E-state index in [0.717, 1.165) is 15.1 Å². The van der Waals surface area contributed by atoms with Gasteiger partial charge in [0.2, 0.25) is 0 Å². The Bertz CT molecular complexity index is 774. The van der Waals surface area contributed by atoms with Crippen LogP contribution in [0.25, 0.3) is 11.1 Å². The number of halogens is 1. The average Bonchev–Trinajstić information content (AvgIpc) is 3.07. The topological polar surface area (TPSA) is 70.4 Å². The molecule has 0 N–H and O–H groups in total. The van der Waals surface area contributed by atoms with Crippen molar-refractivity contribution in [3.8, 4) is 11.1 Å². The zero-order valence-corrected chi connectivity index (χ0v) is 15.7. The van der Waals surface area contributed by atoms with Crippen LogP contribution in [-0.2, 0) is 15.9 Å². The molecule has 6 nitrogen and oxygen atoms in total. The van der Waals surface area contributed by atoms with Crippen LogP contribution in [0, 0.1) is 0 Å². The third-order valence-electron chi connectivity index (χ3n) is 3.06. The normalized spacial score (nSPS) is 11.4. The van der Waals surface area contributed by atoms with Crippen LogP contribution in [-0.4, -0.2) is 34.6 Å². The molecule has 24 heavy (non-hydrogen) atoms. The average molecular weight is 371 g/mol. The minimum atomic E-state index is -0.634. The Hall–Kier alpha value is -1.86. The smallest absolute Gasteiger partial charge is 0.435 e. The molecule has 2 aromatic heterocycles. The molecule has 2 rings (SSSR count). The monoisotopic (exact) mass is 370 g/mol. The van der Waals surface area contributed by atoms with Gasteiger partial charge in [-0.25, -0.2) is 9.59 Å². The maximum atomic E-state index is 12.1. The first-order valence-corrected chi connectivity index (χ1v) is 8.55. The number of ether oxygens (including phenoxy) is 2. The Morgan fingerprint density at radius 3 is 2.54 bits per heavy atom. The molecule has 0 aliphatic heterocycles. The highest BCUT2D eigenvalue weighted by atomic mass is 35.5. The van der Waals surface area contributed by atoms with Crippen LogP contribution in [0.5, 0.6) is 0 Å². The standard InChI is InChI=1S/C16H19ClN2O4S/c1-6-11-9(7-12(24-11)14(20)22-5)10-8-19(18-13(10)17)15(21)23-16(2,3)4/h7-8H,6H2,1-5H3. The van der Waals surface area contributed by atoms with E-state index in [1.54, 1.807) is 26.8 Å². The maximum absolute atomic E-state index is 12.1. The number of nitrogens with zero attached hydrogens (tertiary/aromatic N) is 2. The van der Waals surface area contributed by atoms with Crippen molar-refractivity contribution >= 4 is 35.0 Å². The third-order valence-corrected chi connectivity index (χ3v) is 4.60. The molecule has 0 bridgehead atoms. The number of thiophene rings is 1. The van der Waals surface area contributed by atoms with Crippen molar-refractivity contribution in [1.29, 1.82) is 0 Å². The Kier molecular flexibility index (Phi) is 5.35. The Labute approximate surface area is 149 Å². The summed E-state index contributed by atoms with van der Waals surface area (Å²) < 4.78 is 11.1. The van der Waals surface area contributed by atoms with Crippen LogP contribution in [0.2, 0.25) is 5.15 Å². The van der Waals surface area contributed by atoms with Crippen LogP contribution in [0.15, 0.2) is 12.3 Å². The van der Waals surface area contributed by atoms with Gasteiger partial charge in [-0.05, 0) is 33.3 Å². The quantitative estimate of drug-likeness (QED) is 0.749. The Morgan fingerprint density at radius 2 is 2.00 bits per heavy atom. The first kappa shape index (κ1) is 18.5. The molecule has 0 fully saturated rings. The maximum Gasteiger partial charge on any atom is 0.435 e. The van der Waals surface area contributed by atoms with Crippen LogP contribution in [0.4, 0.5) is 4.79 Å². The van der Waals surface area contributed by atoms with Crippen molar-refractivity contribution < 1.29 is 19.1 Å². The minimum Gasteiger partial charge on any atom is -0.465 e. The minimum absolute atomic E-state index is 0.171. The molecule has 8 heteroatoms. The van der Waals surface area contributed by atoms with E-state index in [1.165, 1.54) is 24.6 Å². The van der Waals surface area contributed by atoms with E-state index in [0.29, 0.717) is 16.9 Å². The fraction of sp³-hybridized carbons (Fsp3) is 0.438. The van der Waals surface area contributed by atoms with Gasteiger partial charge < -0.3 is 9.47 Å². The summed E-state index contributed by atoms with van der Waals surface area (Å²) in [5.74, 6) is -0.406. The second-order valence-corrected chi connectivity index (χ2v) is 7.55. The number of methoxy groups -OCH3 is 1. The number of aromatic nitrogens is 2. The van der Waals surface area contributed by atoms with E-state index in [9.17, 15) is 9.59 Å². The largest absolute Gasteiger partial charge is 0.465 e. The fourth-order valence-electron chi connectivity index (χ4n) is 2.06. The lowest BCUT2D eigenvalue weighted by molar-refractivity contribution is 0.0513. The molecule has 0 radical (unpaired) electrons. The summed E-state index contributed by atoms with van der Waals surface area (Å²) in [4.78, 5) is 25.3. The SMILES string of the molecule is CCc1sc(C(=O)OC)cc1-c1cn(C(=O)OC(C)(C)C)nc1Cl. The molecule has 0 spiro atoms. The highest BCUT2D eigenvalue weighted by Crippen LogP contribution is 2.36. The molecule has 0 aromatic carbocycles. The summed E-state index contributed by atoms with van der Waals surface area (Å²) in [5, 5.41) is 4.19. The van der Waals surface area contributed by atoms with Gasteiger partial charge in [0, 0.05) is 22.2 Å². The van der Waals surface area contributed by atoms with E-state index in [4.69, 9.17) is 21.1 Å². The Balaban J connectivity index is 2.42. The van der Waals surface area contributed by atoms with Crippen molar-refractivity contribution in [3.63, 3.8) is 0 Å². The highest BCUT2D eigenvalue weighted by molar-refractivity contribution is 7.14. The number of carbonyl (C=O) groups is 2. The third kappa shape index (κ3) is 3.96. The summed E-state index contributed by atoms with van der Waals surface area (Å²) in [6.45, 7) is 7.29. The number of hydrogen-bond donors (Lipinski definition) is 0.